The lowest BCUT2D eigenvalue weighted by Gasteiger charge is -2.37. The quantitative estimate of drug-likeness (QED) is 0.117. The van der Waals surface area contributed by atoms with Crippen LogP contribution in [0.15, 0.2) is 25.3 Å². The standard InChI is InChI=1S/C32H53N5O7/c1-11-14-22(25(38)28(40)33-16-12-2)34-27(39)24-21(19(4)5)15-17-37(24)29(41)26(32(8,9)10)36-31(43)35-23(20(6)7)30(42)44-18-13-3/h12-13,19-24,26H,2-3,11,14-18H2,1,4-10H3,(H,33,40)(H,34,39)(H2,35,36,43)/t21?,22?,23-,24-,26+/m0/s1. The van der Waals surface area contributed by atoms with E-state index in [9.17, 15) is 28.8 Å². The van der Waals surface area contributed by atoms with Crippen molar-refractivity contribution in [2.75, 3.05) is 19.7 Å². The van der Waals surface area contributed by atoms with Gasteiger partial charge in [0.25, 0.3) is 5.91 Å². The van der Waals surface area contributed by atoms with Crippen molar-refractivity contribution in [2.24, 2.45) is 23.2 Å². The molecular weight excluding hydrogens is 566 g/mol. The van der Waals surface area contributed by atoms with Gasteiger partial charge in [-0.3, -0.25) is 19.2 Å². The SMILES string of the molecule is C=CCNC(=O)C(=O)C(CCC)NC(=O)[C@@H]1C(C(C)C)CCN1C(=O)[C@@H](NC(=O)N[C@H](C(=O)OCC=C)C(C)C)C(C)(C)C. The molecule has 0 radical (unpaired) electrons. The van der Waals surface area contributed by atoms with E-state index in [1.165, 1.54) is 17.1 Å². The number of amides is 5. The molecule has 1 heterocycles. The van der Waals surface area contributed by atoms with Crippen molar-refractivity contribution in [3.63, 3.8) is 0 Å². The number of hydrogen-bond donors (Lipinski definition) is 4. The summed E-state index contributed by atoms with van der Waals surface area (Å²) in [4.78, 5) is 80.3. The normalized spacial score (nSPS) is 18.5. The van der Waals surface area contributed by atoms with Gasteiger partial charge in [-0.2, -0.15) is 0 Å². The highest BCUT2D eigenvalue weighted by atomic mass is 16.5. The van der Waals surface area contributed by atoms with Gasteiger partial charge in [-0.15, -0.1) is 6.58 Å². The van der Waals surface area contributed by atoms with Crippen LogP contribution in [0.3, 0.4) is 0 Å². The van der Waals surface area contributed by atoms with Crippen LogP contribution in [-0.4, -0.2) is 84.3 Å². The molecule has 1 aliphatic heterocycles. The summed E-state index contributed by atoms with van der Waals surface area (Å²) < 4.78 is 5.12. The lowest BCUT2D eigenvalue weighted by molar-refractivity contribution is -0.145. The first-order valence-corrected chi connectivity index (χ1v) is 15.4. The number of Topliss-reactive ketones (excluding diaryl/α,β-unsaturated/α-hetero) is 1. The molecule has 1 fully saturated rings. The van der Waals surface area contributed by atoms with Crippen LogP contribution >= 0.6 is 0 Å². The zero-order valence-electron chi connectivity index (χ0n) is 27.7. The third kappa shape index (κ3) is 10.8. The first-order valence-electron chi connectivity index (χ1n) is 15.4. The number of rotatable bonds is 16. The predicted molar refractivity (Wildman–Crippen MR) is 168 cm³/mol. The Bertz CT molecular complexity index is 1070. The van der Waals surface area contributed by atoms with Gasteiger partial charge in [0.1, 0.15) is 24.7 Å². The Labute approximate surface area is 262 Å². The van der Waals surface area contributed by atoms with Crippen LogP contribution in [-0.2, 0) is 28.7 Å². The lowest BCUT2D eigenvalue weighted by atomic mass is 9.84. The molecule has 0 spiro atoms. The van der Waals surface area contributed by atoms with E-state index in [1.54, 1.807) is 34.6 Å². The van der Waals surface area contributed by atoms with E-state index >= 15 is 0 Å². The topological polar surface area (TPSA) is 163 Å². The van der Waals surface area contributed by atoms with Gasteiger partial charge < -0.3 is 30.9 Å². The summed E-state index contributed by atoms with van der Waals surface area (Å²) >= 11 is 0. The maximum Gasteiger partial charge on any atom is 0.329 e. The fourth-order valence-corrected chi connectivity index (χ4v) is 5.18. The van der Waals surface area contributed by atoms with Gasteiger partial charge in [0, 0.05) is 13.1 Å². The third-order valence-electron chi connectivity index (χ3n) is 7.63. The highest BCUT2D eigenvalue weighted by Crippen LogP contribution is 2.33. The zero-order chi connectivity index (χ0) is 33.8. The zero-order valence-corrected chi connectivity index (χ0v) is 27.7. The Morgan fingerprint density at radius 2 is 1.61 bits per heavy atom. The summed E-state index contributed by atoms with van der Waals surface area (Å²) in [7, 11) is 0. The minimum absolute atomic E-state index is 0.00586. The first-order chi connectivity index (χ1) is 20.5. The third-order valence-corrected chi connectivity index (χ3v) is 7.63. The average molecular weight is 620 g/mol. The number of ketones is 1. The van der Waals surface area contributed by atoms with Crippen molar-refractivity contribution in [1.82, 2.24) is 26.2 Å². The Balaban J connectivity index is 3.29. The molecule has 1 rings (SSSR count). The van der Waals surface area contributed by atoms with Crippen molar-refractivity contribution in [2.45, 2.75) is 98.8 Å². The number of carbonyl (C=O) groups is 6. The molecule has 1 saturated heterocycles. The second-order valence-electron chi connectivity index (χ2n) is 12.9. The van der Waals surface area contributed by atoms with E-state index in [1.807, 2.05) is 20.8 Å². The largest absolute Gasteiger partial charge is 0.460 e. The van der Waals surface area contributed by atoms with E-state index in [4.69, 9.17) is 4.74 Å². The van der Waals surface area contributed by atoms with E-state index in [0.717, 1.165) is 0 Å². The molecular formula is C32H53N5O7. The molecule has 0 bridgehead atoms. The molecule has 12 heteroatoms. The highest BCUT2D eigenvalue weighted by molar-refractivity contribution is 6.38. The van der Waals surface area contributed by atoms with Crippen molar-refractivity contribution < 1.29 is 33.5 Å². The number of esters is 1. The first kappa shape index (κ1) is 38.3. The number of ether oxygens (including phenoxy) is 1. The van der Waals surface area contributed by atoms with Crippen molar-refractivity contribution in [3.8, 4) is 0 Å². The molecule has 0 aromatic rings. The number of hydrogen-bond acceptors (Lipinski definition) is 7. The van der Waals surface area contributed by atoms with Crippen molar-refractivity contribution in [1.29, 1.82) is 0 Å². The number of likely N-dealkylation sites (tertiary alicyclic amines) is 1. The number of carbonyl (C=O) groups excluding carboxylic acids is 6. The maximum atomic E-state index is 14.1. The summed E-state index contributed by atoms with van der Waals surface area (Å²) in [6.07, 6.45) is 4.20. The van der Waals surface area contributed by atoms with Crippen LogP contribution in [0, 0.1) is 23.2 Å². The maximum absolute atomic E-state index is 14.1. The summed E-state index contributed by atoms with van der Waals surface area (Å²) in [5, 5.41) is 10.6. The second-order valence-corrected chi connectivity index (χ2v) is 12.9. The van der Waals surface area contributed by atoms with Gasteiger partial charge in [0.2, 0.25) is 17.6 Å². The predicted octanol–water partition coefficient (Wildman–Crippen LogP) is 2.48. The Kier molecular flexibility index (Phi) is 15.3. The molecule has 12 nitrogen and oxygen atoms in total. The van der Waals surface area contributed by atoms with Crippen molar-refractivity contribution in [3.05, 3.63) is 25.3 Å². The van der Waals surface area contributed by atoms with Crippen LogP contribution in [0.1, 0.15) is 74.7 Å². The molecule has 0 aromatic carbocycles. The Morgan fingerprint density at radius 3 is 2.11 bits per heavy atom. The van der Waals surface area contributed by atoms with Gasteiger partial charge in [-0.1, -0.05) is 80.5 Å². The van der Waals surface area contributed by atoms with Crippen molar-refractivity contribution >= 4 is 35.5 Å². The molecule has 5 amide bonds. The summed E-state index contributed by atoms with van der Waals surface area (Å²) in [5.74, 6) is -3.69. The van der Waals surface area contributed by atoms with Crippen LogP contribution in [0.2, 0.25) is 0 Å². The van der Waals surface area contributed by atoms with Gasteiger partial charge in [-0.25, -0.2) is 9.59 Å². The molecule has 4 N–H and O–H groups in total. The highest BCUT2D eigenvalue weighted by Gasteiger charge is 2.47. The monoisotopic (exact) mass is 619 g/mol. The molecule has 44 heavy (non-hydrogen) atoms. The van der Waals surface area contributed by atoms with E-state index in [2.05, 4.69) is 34.4 Å². The van der Waals surface area contributed by atoms with E-state index in [-0.39, 0.29) is 43.9 Å². The molecule has 2 unspecified atom stereocenters. The number of urea groups is 1. The number of nitrogens with zero attached hydrogens (tertiary/aromatic N) is 1. The lowest BCUT2D eigenvalue weighted by Crippen LogP contribution is -2.62. The van der Waals surface area contributed by atoms with Gasteiger partial charge in [0.05, 0.1) is 6.04 Å². The van der Waals surface area contributed by atoms with Crippen LogP contribution in [0.4, 0.5) is 4.79 Å². The smallest absolute Gasteiger partial charge is 0.329 e. The molecule has 0 saturated carbocycles. The van der Waals surface area contributed by atoms with Crippen LogP contribution in [0.5, 0.6) is 0 Å². The Morgan fingerprint density at radius 1 is 0.977 bits per heavy atom. The molecule has 5 atom stereocenters. The van der Waals surface area contributed by atoms with Crippen LogP contribution < -0.4 is 21.3 Å². The Hall–Kier alpha value is -3.70. The van der Waals surface area contributed by atoms with Gasteiger partial charge >= 0.3 is 12.0 Å². The molecule has 0 aromatic heterocycles. The average Bonchev–Trinajstić information content (AvgIpc) is 3.40. The van der Waals surface area contributed by atoms with E-state index in [0.29, 0.717) is 12.8 Å². The fourth-order valence-electron chi connectivity index (χ4n) is 5.18. The summed E-state index contributed by atoms with van der Waals surface area (Å²) in [5.41, 5.74) is -0.772. The van der Waals surface area contributed by atoms with Crippen LogP contribution in [0.25, 0.3) is 0 Å². The molecule has 1 aliphatic rings. The molecule has 0 aliphatic carbocycles. The second kappa shape index (κ2) is 17.6. The van der Waals surface area contributed by atoms with Gasteiger partial charge in [0.15, 0.2) is 0 Å². The van der Waals surface area contributed by atoms with Gasteiger partial charge in [-0.05, 0) is 36.0 Å². The molecule has 248 valence electrons. The van der Waals surface area contributed by atoms with E-state index < -0.39 is 65.1 Å². The minimum atomic E-state index is -1.06. The summed E-state index contributed by atoms with van der Waals surface area (Å²) in [6, 6.07) is -4.72. The minimum Gasteiger partial charge on any atom is -0.460 e. The summed E-state index contributed by atoms with van der Waals surface area (Å²) in [6.45, 7) is 22.1. The fraction of sp³-hybridized carbons (Fsp3) is 0.688. The number of nitrogens with one attached hydrogen (secondary N) is 4.